The summed E-state index contributed by atoms with van der Waals surface area (Å²) in [5.41, 5.74) is 0. The van der Waals surface area contributed by atoms with Crippen molar-refractivity contribution in [2.75, 3.05) is 6.26 Å². The lowest BCUT2D eigenvalue weighted by atomic mass is 9.99. The molecular formula is C9H16OS. The van der Waals surface area contributed by atoms with Gasteiger partial charge in [-0.05, 0) is 19.1 Å². The normalized spacial score (nSPS) is 27.7. The Labute approximate surface area is 72.9 Å². The Hall–Kier alpha value is 0.0200. The van der Waals surface area contributed by atoms with Gasteiger partial charge in [-0.1, -0.05) is 19.3 Å². The van der Waals surface area contributed by atoms with Crippen molar-refractivity contribution in [2.45, 2.75) is 43.8 Å². The van der Waals surface area contributed by atoms with Crippen LogP contribution in [-0.4, -0.2) is 17.3 Å². The van der Waals surface area contributed by atoms with Crippen LogP contribution in [0.15, 0.2) is 0 Å². The summed E-state index contributed by atoms with van der Waals surface area (Å²) in [6.45, 7) is 0. The lowest BCUT2D eigenvalue weighted by Gasteiger charge is -2.15. The molecule has 0 amide bonds. The zero-order chi connectivity index (χ0) is 8.10. The van der Waals surface area contributed by atoms with Crippen molar-refractivity contribution in [2.24, 2.45) is 0 Å². The van der Waals surface area contributed by atoms with Crippen LogP contribution in [0.5, 0.6) is 0 Å². The average Bonchev–Trinajstić information content (AvgIpc) is 1.98. The first-order valence-corrected chi connectivity index (χ1v) is 5.69. The summed E-state index contributed by atoms with van der Waals surface area (Å²) in [6.07, 6.45) is 8.93. The first kappa shape index (κ1) is 9.11. The van der Waals surface area contributed by atoms with E-state index in [4.69, 9.17) is 0 Å². The second kappa shape index (κ2) is 4.81. The maximum absolute atomic E-state index is 11.4. The van der Waals surface area contributed by atoms with Gasteiger partial charge in [0, 0.05) is 6.42 Å². The zero-order valence-electron chi connectivity index (χ0n) is 7.14. The quantitative estimate of drug-likeness (QED) is 0.605. The van der Waals surface area contributed by atoms with Gasteiger partial charge in [-0.25, -0.2) is 0 Å². The van der Waals surface area contributed by atoms with Crippen LogP contribution in [0.1, 0.15) is 38.5 Å². The van der Waals surface area contributed by atoms with Crippen molar-refractivity contribution in [3.63, 3.8) is 0 Å². The van der Waals surface area contributed by atoms with Crippen LogP contribution >= 0.6 is 11.8 Å². The molecule has 0 heterocycles. The van der Waals surface area contributed by atoms with E-state index in [1.165, 1.54) is 19.3 Å². The van der Waals surface area contributed by atoms with Crippen molar-refractivity contribution < 1.29 is 4.79 Å². The third-order valence-electron chi connectivity index (χ3n) is 2.28. The summed E-state index contributed by atoms with van der Waals surface area (Å²) in [4.78, 5) is 11.4. The molecule has 11 heavy (non-hydrogen) atoms. The van der Waals surface area contributed by atoms with E-state index in [1.54, 1.807) is 11.8 Å². The van der Waals surface area contributed by atoms with Crippen LogP contribution in [0, 0.1) is 0 Å². The van der Waals surface area contributed by atoms with E-state index in [-0.39, 0.29) is 0 Å². The standard InChI is InChI=1S/C9H16OS/c1-11-9-7-5-3-2-4-6-8(9)10/h9H,2-7H2,1H3. The number of Topliss-reactive ketones (excluding diaryl/α,β-unsaturated/α-hetero) is 1. The number of thioether (sulfide) groups is 1. The molecule has 0 aromatic carbocycles. The average molecular weight is 172 g/mol. The molecule has 0 saturated heterocycles. The Morgan fingerprint density at radius 1 is 1.27 bits per heavy atom. The van der Waals surface area contributed by atoms with Crippen LogP contribution in [0.25, 0.3) is 0 Å². The van der Waals surface area contributed by atoms with Crippen LogP contribution in [0.2, 0.25) is 0 Å². The SMILES string of the molecule is CSC1CCCCCCC1=O. The molecule has 2 heteroatoms. The van der Waals surface area contributed by atoms with E-state index in [0.29, 0.717) is 11.0 Å². The van der Waals surface area contributed by atoms with Gasteiger partial charge in [0.1, 0.15) is 5.78 Å². The largest absolute Gasteiger partial charge is 0.298 e. The topological polar surface area (TPSA) is 17.1 Å². The summed E-state index contributed by atoms with van der Waals surface area (Å²) < 4.78 is 0. The van der Waals surface area contributed by atoms with Crippen molar-refractivity contribution in [1.29, 1.82) is 0 Å². The first-order valence-electron chi connectivity index (χ1n) is 4.40. The molecule has 0 aliphatic heterocycles. The molecule has 0 aromatic heterocycles. The van der Waals surface area contributed by atoms with Crippen LogP contribution < -0.4 is 0 Å². The van der Waals surface area contributed by atoms with E-state index in [0.717, 1.165) is 19.3 Å². The third kappa shape index (κ3) is 2.86. The fourth-order valence-electron chi connectivity index (χ4n) is 1.55. The summed E-state index contributed by atoms with van der Waals surface area (Å²) in [5, 5.41) is 0.315. The minimum Gasteiger partial charge on any atom is -0.298 e. The van der Waals surface area contributed by atoms with Gasteiger partial charge in [-0.3, -0.25) is 4.79 Å². The predicted molar refractivity (Wildman–Crippen MR) is 50.0 cm³/mol. The Morgan fingerprint density at radius 2 is 2.00 bits per heavy atom. The highest BCUT2D eigenvalue weighted by molar-refractivity contribution is 7.99. The van der Waals surface area contributed by atoms with Gasteiger partial charge in [-0.15, -0.1) is 0 Å². The second-order valence-electron chi connectivity index (χ2n) is 3.14. The Kier molecular flexibility index (Phi) is 3.98. The summed E-state index contributed by atoms with van der Waals surface area (Å²) in [7, 11) is 0. The van der Waals surface area contributed by atoms with E-state index in [9.17, 15) is 4.79 Å². The van der Waals surface area contributed by atoms with Crippen molar-refractivity contribution in [3.05, 3.63) is 0 Å². The van der Waals surface area contributed by atoms with Crippen LogP contribution in [0.3, 0.4) is 0 Å². The molecule has 0 bridgehead atoms. The molecule has 1 aliphatic rings. The Morgan fingerprint density at radius 3 is 2.73 bits per heavy atom. The van der Waals surface area contributed by atoms with Gasteiger partial charge in [0.25, 0.3) is 0 Å². The molecular weight excluding hydrogens is 156 g/mol. The van der Waals surface area contributed by atoms with E-state index in [2.05, 4.69) is 0 Å². The molecule has 1 aliphatic carbocycles. The second-order valence-corrected chi connectivity index (χ2v) is 4.18. The van der Waals surface area contributed by atoms with E-state index >= 15 is 0 Å². The molecule has 0 spiro atoms. The lowest BCUT2D eigenvalue weighted by molar-refractivity contribution is -0.119. The Balaban J connectivity index is 2.39. The molecule has 1 saturated carbocycles. The maximum Gasteiger partial charge on any atom is 0.145 e. The highest BCUT2D eigenvalue weighted by Gasteiger charge is 2.17. The van der Waals surface area contributed by atoms with Crippen molar-refractivity contribution in [3.8, 4) is 0 Å². The van der Waals surface area contributed by atoms with Crippen molar-refractivity contribution >= 4 is 17.5 Å². The number of hydrogen-bond donors (Lipinski definition) is 0. The fourth-order valence-corrected chi connectivity index (χ4v) is 2.34. The number of carbonyl (C=O) groups excluding carboxylic acids is 1. The molecule has 1 nitrogen and oxygen atoms in total. The summed E-state index contributed by atoms with van der Waals surface area (Å²) in [5.74, 6) is 0.484. The van der Waals surface area contributed by atoms with Crippen molar-refractivity contribution in [1.82, 2.24) is 0 Å². The lowest BCUT2D eigenvalue weighted by Crippen LogP contribution is -2.18. The molecule has 1 unspecified atom stereocenters. The highest BCUT2D eigenvalue weighted by Crippen LogP contribution is 2.22. The minimum atomic E-state index is 0.315. The van der Waals surface area contributed by atoms with E-state index < -0.39 is 0 Å². The van der Waals surface area contributed by atoms with Gasteiger partial charge in [0.15, 0.2) is 0 Å². The zero-order valence-corrected chi connectivity index (χ0v) is 7.95. The minimum absolute atomic E-state index is 0.315. The van der Waals surface area contributed by atoms with E-state index in [1.807, 2.05) is 6.26 Å². The molecule has 0 N–H and O–H groups in total. The number of rotatable bonds is 1. The molecule has 1 rings (SSSR count). The maximum atomic E-state index is 11.4. The van der Waals surface area contributed by atoms with Crippen LogP contribution in [-0.2, 0) is 4.79 Å². The van der Waals surface area contributed by atoms with Gasteiger partial charge in [0.2, 0.25) is 0 Å². The van der Waals surface area contributed by atoms with Gasteiger partial charge in [-0.2, -0.15) is 11.8 Å². The third-order valence-corrected chi connectivity index (χ3v) is 3.35. The number of ketones is 1. The predicted octanol–water partition coefficient (Wildman–Crippen LogP) is 2.64. The van der Waals surface area contributed by atoms with Crippen LogP contribution in [0.4, 0.5) is 0 Å². The molecule has 0 aromatic rings. The summed E-state index contributed by atoms with van der Waals surface area (Å²) in [6, 6.07) is 0. The Bertz CT molecular complexity index is 134. The fraction of sp³-hybridized carbons (Fsp3) is 0.889. The highest BCUT2D eigenvalue weighted by atomic mass is 32.2. The smallest absolute Gasteiger partial charge is 0.145 e. The van der Waals surface area contributed by atoms with Gasteiger partial charge >= 0.3 is 0 Å². The molecule has 0 radical (unpaired) electrons. The molecule has 1 atom stereocenters. The van der Waals surface area contributed by atoms with Gasteiger partial charge < -0.3 is 0 Å². The number of hydrogen-bond acceptors (Lipinski definition) is 2. The van der Waals surface area contributed by atoms with Gasteiger partial charge in [0.05, 0.1) is 5.25 Å². The summed E-state index contributed by atoms with van der Waals surface area (Å²) >= 11 is 1.73. The first-order chi connectivity index (χ1) is 5.34. The monoisotopic (exact) mass is 172 g/mol. The molecule has 1 fully saturated rings. The number of carbonyl (C=O) groups is 1. The molecule has 64 valence electrons.